The van der Waals surface area contributed by atoms with Gasteiger partial charge in [0.05, 0.1) is 42.9 Å². The van der Waals surface area contributed by atoms with Gasteiger partial charge in [-0.1, -0.05) is 0 Å². The fourth-order valence-corrected chi connectivity index (χ4v) is 10.2. The Morgan fingerprint density at radius 2 is 1.71 bits per heavy atom. The number of carbonyl (C=O) groups is 2. The number of amides is 2. The van der Waals surface area contributed by atoms with Crippen molar-refractivity contribution < 1.29 is 33.9 Å². The van der Waals surface area contributed by atoms with Crippen molar-refractivity contribution in [2.24, 2.45) is 29.6 Å². The molecule has 6 aliphatic rings. The van der Waals surface area contributed by atoms with Gasteiger partial charge < -0.3 is 34.5 Å². The van der Waals surface area contributed by atoms with Crippen molar-refractivity contribution in [1.29, 1.82) is 0 Å². The van der Waals surface area contributed by atoms with Crippen molar-refractivity contribution >= 4 is 11.8 Å². The number of fused-ring (bicyclic) bond motifs is 5. The molecular weight excluding hydrogens is 522 g/mol. The molecule has 3 aliphatic heterocycles. The summed E-state index contributed by atoms with van der Waals surface area (Å²) in [4.78, 5) is 29.5. The minimum absolute atomic E-state index is 0.00595. The molecule has 3 saturated carbocycles. The molecule has 0 bridgehead atoms. The lowest BCUT2D eigenvalue weighted by Crippen LogP contribution is -2.99. The minimum Gasteiger partial charge on any atom is -0.381 e. The van der Waals surface area contributed by atoms with E-state index in [1.165, 1.54) is 12.8 Å². The van der Waals surface area contributed by atoms with Crippen molar-refractivity contribution in [3.05, 3.63) is 0 Å². The van der Waals surface area contributed by atoms with Crippen LogP contribution in [0, 0.1) is 29.6 Å². The summed E-state index contributed by atoms with van der Waals surface area (Å²) in [6.45, 7) is 3.75. The molecule has 0 aromatic carbocycles. The first kappa shape index (κ1) is 29.8. The van der Waals surface area contributed by atoms with Gasteiger partial charge in [0.25, 0.3) is 0 Å². The van der Waals surface area contributed by atoms with Gasteiger partial charge in [-0.15, -0.1) is 0 Å². The number of ether oxygens (including phenoxy) is 4. The monoisotopic (exact) mass is 576 g/mol. The zero-order valence-corrected chi connectivity index (χ0v) is 25.7. The summed E-state index contributed by atoms with van der Waals surface area (Å²) in [6, 6.07) is 1.05. The Morgan fingerprint density at radius 1 is 0.927 bits per heavy atom. The van der Waals surface area contributed by atoms with Crippen LogP contribution in [0.1, 0.15) is 77.6 Å². The molecule has 9 heteroatoms. The summed E-state index contributed by atoms with van der Waals surface area (Å²) < 4.78 is 23.7. The van der Waals surface area contributed by atoms with Crippen LogP contribution in [-0.4, -0.2) is 99.8 Å². The number of nitrogens with zero attached hydrogens (tertiary/aromatic N) is 1. The first-order valence-corrected chi connectivity index (χ1v) is 16.6. The highest BCUT2D eigenvalue weighted by molar-refractivity contribution is 5.82. The molecular formula is C32H54N3O6+. The van der Waals surface area contributed by atoms with Crippen LogP contribution < -0.4 is 10.6 Å². The highest BCUT2D eigenvalue weighted by atomic mass is 16.5. The van der Waals surface area contributed by atoms with E-state index in [2.05, 4.69) is 15.5 Å². The lowest BCUT2D eigenvalue weighted by molar-refractivity contribution is -0.713. The lowest BCUT2D eigenvalue weighted by Gasteiger charge is -2.53. The first-order chi connectivity index (χ1) is 19.9. The van der Waals surface area contributed by atoms with E-state index in [-0.39, 0.29) is 36.2 Å². The number of carbonyl (C=O) groups excluding carboxylic acids is 2. The summed E-state index contributed by atoms with van der Waals surface area (Å²) in [5.74, 6) is 2.22. The average molecular weight is 577 g/mol. The Kier molecular flexibility index (Phi) is 9.28. The van der Waals surface area contributed by atoms with Crippen molar-refractivity contribution in [1.82, 2.24) is 10.2 Å². The number of nitrogens with two attached hydrogens (primary N) is 1. The SMILES string of the molecule is COC1CCC(CCNC(=O)[C@@H](C)OC2CCC3C(C2)C2CC[NH2+]C4C5CCC(OC)C(OC)C5C(=O)N3C24)CC1. The molecule has 3 N–H and O–H groups in total. The molecule has 6 rings (SSSR count). The molecule has 0 spiro atoms. The van der Waals surface area contributed by atoms with Crippen molar-refractivity contribution in [2.75, 3.05) is 34.4 Å². The van der Waals surface area contributed by atoms with Crippen molar-refractivity contribution in [3.63, 3.8) is 0 Å². The molecule has 41 heavy (non-hydrogen) atoms. The van der Waals surface area contributed by atoms with Gasteiger partial charge in [-0.05, 0) is 88.9 Å². The third kappa shape index (κ3) is 5.59. The fraction of sp³-hybridized carbons (Fsp3) is 0.938. The Hall–Kier alpha value is -1.26. The Morgan fingerprint density at radius 3 is 2.44 bits per heavy atom. The van der Waals surface area contributed by atoms with Gasteiger partial charge in [0.15, 0.2) is 0 Å². The predicted molar refractivity (Wildman–Crippen MR) is 153 cm³/mol. The van der Waals surface area contributed by atoms with Gasteiger partial charge in [-0.25, -0.2) is 0 Å². The van der Waals surface area contributed by atoms with Gasteiger partial charge in [0.2, 0.25) is 11.8 Å². The predicted octanol–water partition coefficient (Wildman–Crippen LogP) is 1.87. The molecule has 3 heterocycles. The number of quaternary nitrogens is 1. The van der Waals surface area contributed by atoms with Crippen LogP contribution in [0.4, 0.5) is 0 Å². The Balaban J connectivity index is 1.05. The molecule has 2 amide bonds. The summed E-state index contributed by atoms with van der Waals surface area (Å²) in [5, 5.41) is 5.69. The van der Waals surface area contributed by atoms with Gasteiger partial charge in [-0.2, -0.15) is 0 Å². The number of hydrogen-bond donors (Lipinski definition) is 2. The Bertz CT molecular complexity index is 927. The largest absolute Gasteiger partial charge is 0.381 e. The van der Waals surface area contributed by atoms with Gasteiger partial charge in [-0.3, -0.25) is 9.59 Å². The molecule has 10 unspecified atom stereocenters. The maximum atomic E-state index is 14.2. The van der Waals surface area contributed by atoms with Crippen LogP contribution in [-0.2, 0) is 28.5 Å². The van der Waals surface area contributed by atoms with Crippen LogP contribution in [0.15, 0.2) is 0 Å². The average Bonchev–Trinajstić information content (AvgIpc) is 3.34. The van der Waals surface area contributed by atoms with Crippen LogP contribution in [0.3, 0.4) is 0 Å². The topological polar surface area (TPSA) is 103 Å². The molecule has 0 aromatic heterocycles. The molecule has 11 atom stereocenters. The normalized spacial score (nSPS) is 44.5. The van der Waals surface area contributed by atoms with Crippen LogP contribution >= 0.6 is 0 Å². The van der Waals surface area contributed by atoms with E-state index in [4.69, 9.17) is 18.9 Å². The van der Waals surface area contributed by atoms with Crippen molar-refractivity contribution in [3.8, 4) is 0 Å². The highest BCUT2D eigenvalue weighted by Gasteiger charge is 2.66. The Labute approximate surface area is 246 Å². The lowest BCUT2D eigenvalue weighted by atomic mass is 9.64. The molecule has 3 saturated heterocycles. The number of nitrogens with one attached hydrogen (secondary N) is 1. The molecule has 9 nitrogen and oxygen atoms in total. The van der Waals surface area contributed by atoms with Crippen molar-refractivity contribution in [2.45, 2.75) is 126 Å². The standard InChI is InChI=1S/C32H53N3O6/c1-18(31(36)34-15-13-19-5-7-20(38-2)8-6-19)41-21-9-11-25-24(17-21)22-14-16-33-28-23-10-12-26(39-3)30(40-4)27(23)32(37)35(25)29(22)28/h18-30,33H,5-17H2,1-4H3,(H,34,36)/p+1/t18-,19?,20?,21?,22?,23?,24?,25?,26?,27?,28?,29?,30?/m1/s1. The summed E-state index contributed by atoms with van der Waals surface area (Å²) in [5.41, 5.74) is 0. The maximum Gasteiger partial charge on any atom is 0.248 e. The zero-order chi connectivity index (χ0) is 28.7. The summed E-state index contributed by atoms with van der Waals surface area (Å²) >= 11 is 0. The third-order valence-corrected chi connectivity index (χ3v) is 12.1. The second-order valence-electron chi connectivity index (χ2n) is 13.9. The van der Waals surface area contributed by atoms with E-state index in [0.717, 1.165) is 70.9 Å². The second kappa shape index (κ2) is 12.8. The minimum atomic E-state index is -0.449. The first-order valence-electron chi connectivity index (χ1n) is 16.6. The summed E-state index contributed by atoms with van der Waals surface area (Å²) in [6.07, 6.45) is 11.5. The quantitative estimate of drug-likeness (QED) is 0.435. The smallest absolute Gasteiger partial charge is 0.248 e. The molecule has 0 aromatic rings. The number of piperidine rings is 2. The molecule has 0 radical (unpaired) electrons. The van der Waals surface area contributed by atoms with E-state index in [1.54, 1.807) is 21.3 Å². The van der Waals surface area contributed by atoms with E-state index in [0.29, 0.717) is 47.8 Å². The molecule has 232 valence electrons. The number of hydrogen-bond acceptors (Lipinski definition) is 6. The van der Waals surface area contributed by atoms with Crippen LogP contribution in [0.5, 0.6) is 0 Å². The van der Waals surface area contributed by atoms with Crippen LogP contribution in [0.2, 0.25) is 0 Å². The maximum absolute atomic E-state index is 14.2. The van der Waals surface area contributed by atoms with Gasteiger partial charge >= 0.3 is 0 Å². The second-order valence-corrected chi connectivity index (χ2v) is 13.9. The summed E-state index contributed by atoms with van der Waals surface area (Å²) in [7, 11) is 5.30. The van der Waals surface area contributed by atoms with Gasteiger partial charge in [0.1, 0.15) is 12.1 Å². The van der Waals surface area contributed by atoms with E-state index in [9.17, 15) is 9.59 Å². The van der Waals surface area contributed by atoms with Crippen LogP contribution in [0.25, 0.3) is 0 Å². The number of methoxy groups -OCH3 is 3. The highest BCUT2D eigenvalue weighted by Crippen LogP contribution is 2.53. The molecule has 3 aliphatic carbocycles. The number of rotatable bonds is 9. The van der Waals surface area contributed by atoms with E-state index < -0.39 is 6.10 Å². The van der Waals surface area contributed by atoms with E-state index >= 15 is 0 Å². The van der Waals surface area contributed by atoms with Gasteiger partial charge in [0, 0.05) is 46.3 Å². The molecule has 6 fully saturated rings. The third-order valence-electron chi connectivity index (χ3n) is 12.1. The fourth-order valence-electron chi connectivity index (χ4n) is 10.2. The zero-order valence-electron chi connectivity index (χ0n) is 25.7. The van der Waals surface area contributed by atoms with E-state index in [1.807, 2.05) is 6.92 Å².